The fourth-order valence-electron chi connectivity index (χ4n) is 4.61. The van der Waals surface area contributed by atoms with Crippen molar-refractivity contribution in [1.29, 1.82) is 0 Å². The summed E-state index contributed by atoms with van der Waals surface area (Å²) in [6.07, 6.45) is 6.82. The Morgan fingerprint density at radius 2 is 1.82 bits per heavy atom. The number of benzene rings is 1. The van der Waals surface area contributed by atoms with Gasteiger partial charge < -0.3 is 4.74 Å². The van der Waals surface area contributed by atoms with Crippen LogP contribution in [0.3, 0.4) is 0 Å². The molecule has 3 aromatic heterocycles. The average Bonchev–Trinajstić information content (AvgIpc) is 3.29. The summed E-state index contributed by atoms with van der Waals surface area (Å²) in [7, 11) is 0. The number of fused-ring (bicyclic) bond motifs is 3. The Bertz CT molecular complexity index is 1450. The van der Waals surface area contributed by atoms with E-state index in [9.17, 15) is 14.4 Å². The Morgan fingerprint density at radius 1 is 1.06 bits per heavy atom. The molecule has 0 amide bonds. The van der Waals surface area contributed by atoms with Crippen molar-refractivity contribution in [3.63, 3.8) is 0 Å². The molecule has 10 nitrogen and oxygen atoms in total. The van der Waals surface area contributed by atoms with Crippen LogP contribution in [0.5, 0.6) is 0 Å². The van der Waals surface area contributed by atoms with Gasteiger partial charge in [0.05, 0.1) is 18.5 Å². The fourth-order valence-corrected chi connectivity index (χ4v) is 4.61. The fraction of sp³-hybridized carbons (Fsp3) is 0.391. The largest absolute Gasteiger partial charge is 0.461 e. The van der Waals surface area contributed by atoms with Crippen molar-refractivity contribution >= 4 is 22.5 Å². The van der Waals surface area contributed by atoms with Gasteiger partial charge in [0, 0.05) is 6.54 Å². The molecule has 1 aliphatic carbocycles. The van der Waals surface area contributed by atoms with Crippen LogP contribution in [0.25, 0.3) is 22.2 Å². The maximum Gasteiger partial charge on any atom is 0.361 e. The maximum atomic E-state index is 13.7. The summed E-state index contributed by atoms with van der Waals surface area (Å²) >= 11 is 0. The molecule has 1 fully saturated rings. The third kappa shape index (κ3) is 3.61. The average molecular weight is 448 g/mol. The molecule has 0 unspecified atom stereocenters. The Balaban J connectivity index is 1.81. The first-order chi connectivity index (χ1) is 16.1. The molecule has 0 spiro atoms. The monoisotopic (exact) mass is 448 g/mol. The Kier molecular flexibility index (Phi) is 5.49. The van der Waals surface area contributed by atoms with Crippen molar-refractivity contribution in [2.75, 3.05) is 6.61 Å². The summed E-state index contributed by atoms with van der Waals surface area (Å²) in [4.78, 5) is 39.8. The second-order valence-corrected chi connectivity index (χ2v) is 8.27. The highest BCUT2D eigenvalue weighted by molar-refractivity contribution is 5.95. The van der Waals surface area contributed by atoms with Crippen molar-refractivity contribution in [3.05, 3.63) is 62.9 Å². The van der Waals surface area contributed by atoms with Gasteiger partial charge in [0.1, 0.15) is 11.0 Å². The molecule has 170 valence electrons. The minimum Gasteiger partial charge on any atom is -0.461 e. The minimum atomic E-state index is -0.723. The van der Waals surface area contributed by atoms with Crippen LogP contribution in [0.4, 0.5) is 0 Å². The van der Waals surface area contributed by atoms with Crippen molar-refractivity contribution in [2.24, 2.45) is 5.92 Å². The van der Waals surface area contributed by atoms with Crippen LogP contribution in [0, 0.1) is 5.92 Å². The van der Waals surface area contributed by atoms with E-state index < -0.39 is 17.1 Å². The number of ether oxygens (including phenoxy) is 1. The van der Waals surface area contributed by atoms with Gasteiger partial charge in [-0.1, -0.05) is 42.7 Å². The number of hydrogen-bond acceptors (Lipinski definition) is 7. The summed E-state index contributed by atoms with van der Waals surface area (Å²) in [6, 6.07) is 9.03. The maximum absolute atomic E-state index is 13.7. The van der Waals surface area contributed by atoms with Gasteiger partial charge in [-0.15, -0.1) is 5.10 Å². The zero-order valence-electron chi connectivity index (χ0n) is 18.3. The highest BCUT2D eigenvalue weighted by atomic mass is 16.5. The van der Waals surface area contributed by atoms with Crippen LogP contribution in [-0.4, -0.2) is 41.8 Å². The summed E-state index contributed by atoms with van der Waals surface area (Å²) < 4.78 is 9.05. The molecule has 0 bridgehead atoms. The predicted octanol–water partition coefficient (Wildman–Crippen LogP) is 2.35. The van der Waals surface area contributed by atoms with Gasteiger partial charge in [-0.05, 0) is 37.8 Å². The normalized spacial score (nSPS) is 14.7. The Hall–Kier alpha value is -3.82. The lowest BCUT2D eigenvalue weighted by atomic mass is 9.89. The number of rotatable bonds is 5. The van der Waals surface area contributed by atoms with E-state index in [1.807, 2.05) is 18.2 Å². The number of nitrogens with zero attached hydrogens (tertiary/aromatic N) is 6. The van der Waals surface area contributed by atoms with Crippen LogP contribution in [0.2, 0.25) is 0 Å². The summed E-state index contributed by atoms with van der Waals surface area (Å²) in [5, 5.41) is 12.2. The van der Waals surface area contributed by atoms with Crippen LogP contribution < -0.4 is 11.1 Å². The highest BCUT2D eigenvalue weighted by Crippen LogP contribution is 2.26. The van der Waals surface area contributed by atoms with E-state index in [4.69, 9.17) is 4.74 Å². The standard InChI is InChI=1S/C23H24N6O4/c1-2-33-23(32)18-20-21(30)27(14-15-9-5-3-6-10-15)19-17(29(20)26-25-18)13-24-28(22(19)31)16-11-7-4-8-12-16/h4,7-8,11-13,15H,2-3,5-6,9-10,14H2,1H3. The number of carbonyl (C=O) groups excluding carboxylic acids is 1. The second-order valence-electron chi connectivity index (χ2n) is 8.27. The smallest absolute Gasteiger partial charge is 0.361 e. The molecule has 1 aliphatic rings. The van der Waals surface area contributed by atoms with Gasteiger partial charge in [-0.25, -0.2) is 9.31 Å². The molecule has 4 aromatic rings. The molecule has 1 aromatic carbocycles. The number of aromatic nitrogens is 6. The van der Waals surface area contributed by atoms with Crippen LogP contribution >= 0.6 is 0 Å². The van der Waals surface area contributed by atoms with E-state index in [1.165, 1.54) is 26.4 Å². The van der Waals surface area contributed by atoms with Crippen molar-refractivity contribution in [2.45, 2.75) is 45.6 Å². The van der Waals surface area contributed by atoms with E-state index in [1.54, 1.807) is 19.1 Å². The SMILES string of the molecule is CCOC(=O)c1nnn2c1c(=O)n(CC1CCCCC1)c1c(=O)n(-c3ccccc3)ncc12. The van der Waals surface area contributed by atoms with E-state index in [0.717, 1.165) is 25.7 Å². The first-order valence-electron chi connectivity index (χ1n) is 11.2. The molecule has 0 saturated heterocycles. The predicted molar refractivity (Wildman–Crippen MR) is 121 cm³/mol. The molecule has 3 heterocycles. The first-order valence-corrected chi connectivity index (χ1v) is 11.2. The van der Waals surface area contributed by atoms with Gasteiger partial charge in [-0.3, -0.25) is 14.2 Å². The molecule has 33 heavy (non-hydrogen) atoms. The van der Waals surface area contributed by atoms with Gasteiger partial charge in [0.15, 0.2) is 5.52 Å². The Morgan fingerprint density at radius 3 is 2.55 bits per heavy atom. The van der Waals surface area contributed by atoms with Gasteiger partial charge in [0.2, 0.25) is 5.69 Å². The zero-order valence-corrected chi connectivity index (χ0v) is 18.3. The third-order valence-corrected chi connectivity index (χ3v) is 6.18. The summed E-state index contributed by atoms with van der Waals surface area (Å²) in [5.74, 6) is -0.458. The second kappa shape index (κ2) is 8.61. The molecule has 0 N–H and O–H groups in total. The third-order valence-electron chi connectivity index (χ3n) is 6.18. The van der Waals surface area contributed by atoms with Crippen LogP contribution in [-0.2, 0) is 11.3 Å². The van der Waals surface area contributed by atoms with Gasteiger partial charge >= 0.3 is 5.97 Å². The first kappa shape index (κ1) is 21.0. The molecule has 0 atom stereocenters. The molecular formula is C23H24N6O4. The summed E-state index contributed by atoms with van der Waals surface area (Å²) in [5.41, 5.74) is 0.0272. The molecule has 0 radical (unpaired) electrons. The van der Waals surface area contributed by atoms with Crippen LogP contribution in [0.15, 0.2) is 46.1 Å². The van der Waals surface area contributed by atoms with Crippen molar-refractivity contribution in [1.82, 2.24) is 29.2 Å². The van der Waals surface area contributed by atoms with Gasteiger partial charge in [0.25, 0.3) is 11.1 Å². The summed E-state index contributed by atoms with van der Waals surface area (Å²) in [6.45, 7) is 2.20. The minimum absolute atomic E-state index is 0.00424. The van der Waals surface area contributed by atoms with Crippen molar-refractivity contribution < 1.29 is 9.53 Å². The molecule has 0 aliphatic heterocycles. The lowest BCUT2D eigenvalue weighted by molar-refractivity contribution is 0.0521. The quantitative estimate of drug-likeness (QED) is 0.431. The zero-order chi connectivity index (χ0) is 22.9. The molecule has 5 rings (SSSR count). The van der Waals surface area contributed by atoms with Gasteiger partial charge in [-0.2, -0.15) is 9.78 Å². The topological polar surface area (TPSA) is 113 Å². The number of para-hydroxylation sites is 1. The van der Waals surface area contributed by atoms with Crippen molar-refractivity contribution in [3.8, 4) is 5.69 Å². The van der Waals surface area contributed by atoms with E-state index in [2.05, 4.69) is 15.4 Å². The van der Waals surface area contributed by atoms with E-state index in [0.29, 0.717) is 17.7 Å². The molecule has 10 heteroatoms. The highest BCUT2D eigenvalue weighted by Gasteiger charge is 2.26. The van der Waals surface area contributed by atoms with E-state index in [-0.39, 0.29) is 29.3 Å². The number of esters is 1. The Labute approximate surface area is 188 Å². The lowest BCUT2D eigenvalue weighted by Crippen LogP contribution is -2.34. The number of hydrogen-bond donors (Lipinski definition) is 0. The molecular weight excluding hydrogens is 424 g/mol. The number of carbonyl (C=O) groups is 1. The van der Waals surface area contributed by atoms with E-state index >= 15 is 0 Å². The molecule has 1 saturated carbocycles. The lowest BCUT2D eigenvalue weighted by Gasteiger charge is -2.23. The van der Waals surface area contributed by atoms with Crippen LogP contribution in [0.1, 0.15) is 49.5 Å².